The maximum absolute atomic E-state index is 13.5. The van der Waals surface area contributed by atoms with E-state index in [-0.39, 0.29) is 11.7 Å². The average Bonchev–Trinajstić information content (AvgIpc) is 3.18. The van der Waals surface area contributed by atoms with Crippen molar-refractivity contribution in [2.24, 2.45) is 0 Å². The molecular formula is C25H27N3O2. The summed E-state index contributed by atoms with van der Waals surface area (Å²) in [6, 6.07) is 17.9. The van der Waals surface area contributed by atoms with Gasteiger partial charge in [0, 0.05) is 11.3 Å². The summed E-state index contributed by atoms with van der Waals surface area (Å²) >= 11 is 0. The fourth-order valence-corrected chi connectivity index (χ4v) is 4.01. The number of Topliss-reactive ketones (excluding diaryl/α,β-unsaturated/α-hetero) is 1. The molecule has 0 aliphatic carbocycles. The predicted molar refractivity (Wildman–Crippen MR) is 119 cm³/mol. The van der Waals surface area contributed by atoms with Gasteiger partial charge in [-0.05, 0) is 56.0 Å². The van der Waals surface area contributed by atoms with Gasteiger partial charge in [0.05, 0.1) is 12.2 Å². The van der Waals surface area contributed by atoms with Gasteiger partial charge in [-0.15, -0.1) is 0 Å². The highest BCUT2D eigenvalue weighted by atomic mass is 16.2. The molecule has 154 valence electrons. The molecule has 0 saturated carbocycles. The van der Waals surface area contributed by atoms with E-state index in [1.165, 1.54) is 11.1 Å². The Balaban J connectivity index is 1.78. The zero-order valence-corrected chi connectivity index (χ0v) is 18.0. The number of aryl methyl sites for hydroxylation is 2. The minimum atomic E-state index is -0.993. The van der Waals surface area contributed by atoms with Crippen LogP contribution >= 0.6 is 0 Å². The van der Waals surface area contributed by atoms with Gasteiger partial charge in [-0.25, -0.2) is 0 Å². The number of nitrogens with zero attached hydrogens (tertiary/aromatic N) is 3. The Kier molecular flexibility index (Phi) is 5.06. The van der Waals surface area contributed by atoms with Crippen molar-refractivity contribution in [3.8, 4) is 11.3 Å². The molecule has 0 saturated heterocycles. The normalized spacial score (nSPS) is 18.4. The summed E-state index contributed by atoms with van der Waals surface area (Å²) in [6.45, 7) is 7.90. The molecule has 0 radical (unpaired) electrons. The molecule has 0 fully saturated rings. The fraction of sp³-hybridized carbons (Fsp3) is 0.320. The molecule has 5 nitrogen and oxygen atoms in total. The molecule has 1 amide bonds. The second-order valence-corrected chi connectivity index (χ2v) is 8.11. The van der Waals surface area contributed by atoms with Crippen LogP contribution in [0.3, 0.4) is 0 Å². The van der Waals surface area contributed by atoms with Gasteiger partial charge < -0.3 is 0 Å². The van der Waals surface area contributed by atoms with Crippen LogP contribution in [0.25, 0.3) is 11.3 Å². The molecule has 2 heterocycles. The van der Waals surface area contributed by atoms with Crippen LogP contribution in [0, 0.1) is 0 Å². The fourth-order valence-electron chi connectivity index (χ4n) is 4.01. The van der Waals surface area contributed by atoms with Gasteiger partial charge in [0.15, 0.2) is 5.78 Å². The van der Waals surface area contributed by atoms with E-state index in [0.717, 1.165) is 29.8 Å². The highest BCUT2D eigenvalue weighted by Crippen LogP contribution is 2.34. The number of carbonyl (C=O) groups is 2. The molecule has 0 bridgehead atoms. The van der Waals surface area contributed by atoms with Crippen LogP contribution in [-0.2, 0) is 24.2 Å². The zero-order chi connectivity index (χ0) is 21.5. The Hall–Kier alpha value is -3.21. The molecule has 0 N–H and O–H groups in total. The SMILES string of the molecule is CCc1ccc(-c2cc3n(n2)CC(C)(C(C)=O)N(c2ccc(CC)cc2)C3=O)cc1. The third kappa shape index (κ3) is 3.24. The van der Waals surface area contributed by atoms with Crippen molar-refractivity contribution < 1.29 is 9.59 Å². The molecule has 1 aliphatic rings. The smallest absolute Gasteiger partial charge is 0.277 e. The molecule has 1 aromatic heterocycles. The summed E-state index contributed by atoms with van der Waals surface area (Å²) in [5.41, 5.74) is 4.40. The van der Waals surface area contributed by atoms with E-state index in [0.29, 0.717) is 12.2 Å². The largest absolute Gasteiger partial charge is 0.297 e. The van der Waals surface area contributed by atoms with Crippen LogP contribution in [-0.4, -0.2) is 27.0 Å². The summed E-state index contributed by atoms with van der Waals surface area (Å²) in [5, 5.41) is 4.68. The topological polar surface area (TPSA) is 55.2 Å². The van der Waals surface area contributed by atoms with E-state index in [9.17, 15) is 9.59 Å². The molecular weight excluding hydrogens is 374 g/mol. The first-order valence-electron chi connectivity index (χ1n) is 10.5. The van der Waals surface area contributed by atoms with E-state index in [1.54, 1.807) is 16.5 Å². The number of rotatable bonds is 5. The van der Waals surface area contributed by atoms with Crippen molar-refractivity contribution in [3.63, 3.8) is 0 Å². The van der Waals surface area contributed by atoms with Crippen molar-refractivity contribution in [2.75, 3.05) is 4.90 Å². The van der Waals surface area contributed by atoms with Crippen LogP contribution in [0.5, 0.6) is 0 Å². The van der Waals surface area contributed by atoms with Gasteiger partial charge in [0.2, 0.25) is 0 Å². The lowest BCUT2D eigenvalue weighted by atomic mass is 9.91. The Bertz CT molecular complexity index is 1100. The standard InChI is InChI=1S/C25H27N3O2/c1-5-18-7-11-20(12-8-18)22-15-23-24(30)28(21-13-9-19(6-2)10-14-21)25(4,17(3)29)16-27(23)26-22/h7-15H,5-6,16H2,1-4H3. The molecule has 5 heteroatoms. The first kappa shape index (κ1) is 20.1. The third-order valence-corrected chi connectivity index (χ3v) is 6.17. The summed E-state index contributed by atoms with van der Waals surface area (Å²) < 4.78 is 1.68. The number of anilines is 1. The van der Waals surface area contributed by atoms with Gasteiger partial charge in [-0.2, -0.15) is 5.10 Å². The van der Waals surface area contributed by atoms with Gasteiger partial charge in [-0.3, -0.25) is 19.2 Å². The van der Waals surface area contributed by atoms with Crippen molar-refractivity contribution >= 4 is 17.4 Å². The van der Waals surface area contributed by atoms with Crippen molar-refractivity contribution in [1.82, 2.24) is 9.78 Å². The Labute approximate surface area is 177 Å². The monoisotopic (exact) mass is 401 g/mol. The summed E-state index contributed by atoms with van der Waals surface area (Å²) in [5.74, 6) is -0.266. The van der Waals surface area contributed by atoms with E-state index >= 15 is 0 Å². The Morgan fingerprint density at radius 2 is 1.57 bits per heavy atom. The Morgan fingerprint density at radius 1 is 1.00 bits per heavy atom. The van der Waals surface area contributed by atoms with Crippen LogP contribution < -0.4 is 4.90 Å². The number of benzene rings is 2. The van der Waals surface area contributed by atoms with Gasteiger partial charge in [0.25, 0.3) is 5.91 Å². The molecule has 3 aromatic rings. The lowest BCUT2D eigenvalue weighted by Crippen LogP contribution is -2.61. The average molecular weight is 402 g/mol. The number of hydrogen-bond donors (Lipinski definition) is 0. The first-order valence-corrected chi connectivity index (χ1v) is 10.5. The van der Waals surface area contributed by atoms with Crippen LogP contribution in [0.4, 0.5) is 5.69 Å². The van der Waals surface area contributed by atoms with E-state index < -0.39 is 5.54 Å². The van der Waals surface area contributed by atoms with Gasteiger partial charge in [-0.1, -0.05) is 50.2 Å². The van der Waals surface area contributed by atoms with Crippen LogP contribution in [0.1, 0.15) is 49.3 Å². The van der Waals surface area contributed by atoms with Crippen molar-refractivity contribution in [3.05, 3.63) is 71.4 Å². The van der Waals surface area contributed by atoms with Crippen LogP contribution in [0.15, 0.2) is 54.6 Å². The minimum Gasteiger partial charge on any atom is -0.297 e. The minimum absolute atomic E-state index is 0.0644. The summed E-state index contributed by atoms with van der Waals surface area (Å²) in [4.78, 5) is 27.9. The predicted octanol–water partition coefficient (Wildman–Crippen LogP) is 4.68. The molecule has 30 heavy (non-hydrogen) atoms. The summed E-state index contributed by atoms with van der Waals surface area (Å²) in [7, 11) is 0. The second-order valence-electron chi connectivity index (χ2n) is 8.11. The zero-order valence-electron chi connectivity index (χ0n) is 18.0. The molecule has 1 atom stereocenters. The number of amides is 1. The molecule has 4 rings (SSSR count). The van der Waals surface area contributed by atoms with Crippen molar-refractivity contribution in [1.29, 1.82) is 0 Å². The lowest BCUT2D eigenvalue weighted by Gasteiger charge is -2.42. The number of hydrogen-bond acceptors (Lipinski definition) is 3. The maximum atomic E-state index is 13.5. The van der Waals surface area contributed by atoms with Gasteiger partial charge in [0.1, 0.15) is 11.2 Å². The van der Waals surface area contributed by atoms with E-state index in [1.807, 2.05) is 49.4 Å². The van der Waals surface area contributed by atoms with E-state index in [2.05, 4.69) is 31.1 Å². The van der Waals surface area contributed by atoms with Gasteiger partial charge >= 0.3 is 0 Å². The second kappa shape index (κ2) is 7.56. The number of aromatic nitrogens is 2. The first-order chi connectivity index (χ1) is 14.4. The molecule has 1 aliphatic heterocycles. The Morgan fingerprint density at radius 3 is 2.10 bits per heavy atom. The number of carbonyl (C=O) groups excluding carboxylic acids is 2. The van der Waals surface area contributed by atoms with E-state index in [4.69, 9.17) is 0 Å². The van der Waals surface area contributed by atoms with Crippen LogP contribution in [0.2, 0.25) is 0 Å². The lowest BCUT2D eigenvalue weighted by molar-refractivity contribution is -0.122. The molecule has 0 spiro atoms. The summed E-state index contributed by atoms with van der Waals surface area (Å²) in [6.07, 6.45) is 1.90. The molecule has 2 aromatic carbocycles. The highest BCUT2D eigenvalue weighted by molar-refractivity contribution is 6.12. The maximum Gasteiger partial charge on any atom is 0.277 e. The number of fused-ring (bicyclic) bond motifs is 1. The van der Waals surface area contributed by atoms with Crippen molar-refractivity contribution in [2.45, 2.75) is 52.6 Å². The third-order valence-electron chi connectivity index (χ3n) is 6.17. The highest BCUT2D eigenvalue weighted by Gasteiger charge is 2.46. The quantitative estimate of drug-likeness (QED) is 0.624. The molecule has 1 unspecified atom stereocenters. The number of ketones is 1.